The average Bonchev–Trinajstić information content (AvgIpc) is 2.42. The molecule has 0 atom stereocenters. The van der Waals surface area contributed by atoms with Gasteiger partial charge in [0.25, 0.3) is 0 Å². The van der Waals surface area contributed by atoms with Crippen LogP contribution in [0.2, 0.25) is 0 Å². The fourth-order valence-electron chi connectivity index (χ4n) is 2.44. The zero-order valence-electron chi connectivity index (χ0n) is 10.9. The highest BCUT2D eigenvalue weighted by molar-refractivity contribution is 5.87. The van der Waals surface area contributed by atoms with Gasteiger partial charge in [-0.3, -0.25) is 4.79 Å². The number of nitrogens with two attached hydrogens (primary N) is 1. The van der Waals surface area contributed by atoms with Gasteiger partial charge >= 0.3 is 0 Å². The molecule has 0 bridgehead atoms. The first-order valence-corrected chi connectivity index (χ1v) is 6.53. The Labute approximate surface area is 108 Å². The summed E-state index contributed by atoms with van der Waals surface area (Å²) in [6.45, 7) is 3.78. The first-order valence-electron chi connectivity index (χ1n) is 6.53. The lowest BCUT2D eigenvalue weighted by molar-refractivity contribution is -0.132. The van der Waals surface area contributed by atoms with Crippen molar-refractivity contribution in [2.24, 2.45) is 11.1 Å². The van der Waals surface area contributed by atoms with E-state index in [1.807, 2.05) is 31.2 Å². The highest BCUT2D eigenvalue weighted by Gasteiger charge is 2.37. The second-order valence-corrected chi connectivity index (χ2v) is 5.18. The van der Waals surface area contributed by atoms with Gasteiger partial charge in [-0.1, -0.05) is 29.8 Å². The van der Waals surface area contributed by atoms with Gasteiger partial charge in [0.15, 0.2) is 0 Å². The fourth-order valence-corrected chi connectivity index (χ4v) is 2.44. The van der Waals surface area contributed by atoms with Crippen LogP contribution >= 0.6 is 0 Å². The number of Topliss-reactive ketones (excluding diaryl/α,β-unsaturated/α-hetero) is 1. The molecule has 1 fully saturated rings. The van der Waals surface area contributed by atoms with E-state index in [0.29, 0.717) is 26.2 Å². The molecule has 0 unspecified atom stereocenters. The first-order chi connectivity index (χ1) is 8.66. The van der Waals surface area contributed by atoms with Crippen molar-refractivity contribution in [3.8, 4) is 0 Å². The highest BCUT2D eigenvalue weighted by Crippen LogP contribution is 2.31. The molecule has 1 aliphatic heterocycles. The molecular weight excluding hydrogens is 226 g/mol. The van der Waals surface area contributed by atoms with Crippen molar-refractivity contribution in [2.45, 2.75) is 26.2 Å². The number of aryl methyl sites for hydroxylation is 1. The molecule has 0 spiro atoms. The molecule has 98 valence electrons. The van der Waals surface area contributed by atoms with E-state index in [2.05, 4.69) is 0 Å². The van der Waals surface area contributed by atoms with Crippen LogP contribution < -0.4 is 5.73 Å². The van der Waals surface area contributed by atoms with Gasteiger partial charge in [0.1, 0.15) is 5.78 Å². The van der Waals surface area contributed by atoms with Gasteiger partial charge in [0.2, 0.25) is 0 Å². The van der Waals surface area contributed by atoms with Gasteiger partial charge in [-0.2, -0.15) is 0 Å². The molecule has 1 aromatic carbocycles. The minimum atomic E-state index is -0.358. The van der Waals surface area contributed by atoms with Crippen LogP contribution in [-0.4, -0.2) is 25.5 Å². The Bertz CT molecular complexity index is 405. The van der Waals surface area contributed by atoms with Crippen molar-refractivity contribution in [2.75, 3.05) is 19.8 Å². The van der Waals surface area contributed by atoms with Crippen molar-refractivity contribution >= 4 is 5.78 Å². The Morgan fingerprint density at radius 2 is 1.89 bits per heavy atom. The summed E-state index contributed by atoms with van der Waals surface area (Å²) in [5, 5.41) is 0. The van der Waals surface area contributed by atoms with E-state index in [4.69, 9.17) is 10.5 Å². The zero-order valence-corrected chi connectivity index (χ0v) is 10.9. The fraction of sp³-hybridized carbons (Fsp3) is 0.533. The summed E-state index contributed by atoms with van der Waals surface area (Å²) in [5.41, 5.74) is 7.77. The lowest BCUT2D eigenvalue weighted by atomic mass is 9.74. The molecule has 2 N–H and O–H groups in total. The van der Waals surface area contributed by atoms with Crippen molar-refractivity contribution in [1.29, 1.82) is 0 Å². The van der Waals surface area contributed by atoms with E-state index < -0.39 is 0 Å². The predicted molar refractivity (Wildman–Crippen MR) is 71.4 cm³/mol. The van der Waals surface area contributed by atoms with Crippen LogP contribution in [0.1, 0.15) is 24.0 Å². The second kappa shape index (κ2) is 5.63. The van der Waals surface area contributed by atoms with Crippen molar-refractivity contribution in [1.82, 2.24) is 0 Å². The molecule has 3 heteroatoms. The Morgan fingerprint density at radius 1 is 1.28 bits per heavy atom. The van der Waals surface area contributed by atoms with Gasteiger partial charge in [-0.15, -0.1) is 0 Å². The smallest absolute Gasteiger partial charge is 0.144 e. The van der Waals surface area contributed by atoms with Crippen LogP contribution in [-0.2, 0) is 16.0 Å². The second-order valence-electron chi connectivity index (χ2n) is 5.18. The van der Waals surface area contributed by atoms with Crippen LogP contribution in [0.25, 0.3) is 0 Å². The summed E-state index contributed by atoms with van der Waals surface area (Å²) in [4.78, 5) is 12.5. The largest absolute Gasteiger partial charge is 0.381 e. The van der Waals surface area contributed by atoms with E-state index in [-0.39, 0.29) is 11.2 Å². The molecule has 0 aromatic heterocycles. The van der Waals surface area contributed by atoms with E-state index in [9.17, 15) is 4.79 Å². The molecule has 1 heterocycles. The Hall–Kier alpha value is -1.19. The summed E-state index contributed by atoms with van der Waals surface area (Å²) >= 11 is 0. The summed E-state index contributed by atoms with van der Waals surface area (Å²) in [6, 6.07) is 8.14. The SMILES string of the molecule is Cc1ccc(CC(=O)C2(CN)CCOCC2)cc1. The molecule has 2 rings (SSSR count). The number of carbonyl (C=O) groups excluding carboxylic acids is 1. The minimum absolute atomic E-state index is 0.261. The summed E-state index contributed by atoms with van der Waals surface area (Å²) in [6.07, 6.45) is 2.00. The maximum absolute atomic E-state index is 12.5. The van der Waals surface area contributed by atoms with Crippen LogP contribution in [0.4, 0.5) is 0 Å². The van der Waals surface area contributed by atoms with Gasteiger partial charge in [-0.25, -0.2) is 0 Å². The monoisotopic (exact) mass is 247 g/mol. The van der Waals surface area contributed by atoms with E-state index in [1.165, 1.54) is 5.56 Å². The van der Waals surface area contributed by atoms with Crippen molar-refractivity contribution in [3.63, 3.8) is 0 Å². The lowest BCUT2D eigenvalue weighted by Crippen LogP contribution is -2.44. The number of ketones is 1. The number of ether oxygens (including phenoxy) is 1. The van der Waals surface area contributed by atoms with Crippen LogP contribution in [0, 0.1) is 12.3 Å². The van der Waals surface area contributed by atoms with E-state index >= 15 is 0 Å². The zero-order chi connectivity index (χ0) is 13.0. The van der Waals surface area contributed by atoms with Crippen molar-refractivity contribution in [3.05, 3.63) is 35.4 Å². The third-order valence-electron chi connectivity index (χ3n) is 3.92. The number of carbonyl (C=O) groups is 1. The molecule has 1 aliphatic rings. The van der Waals surface area contributed by atoms with Crippen LogP contribution in [0.3, 0.4) is 0 Å². The molecule has 0 amide bonds. The maximum Gasteiger partial charge on any atom is 0.144 e. The van der Waals surface area contributed by atoms with Gasteiger partial charge < -0.3 is 10.5 Å². The number of rotatable bonds is 4. The quantitative estimate of drug-likeness (QED) is 0.883. The highest BCUT2D eigenvalue weighted by atomic mass is 16.5. The summed E-state index contributed by atoms with van der Waals surface area (Å²) in [7, 11) is 0. The van der Waals surface area contributed by atoms with E-state index in [1.54, 1.807) is 0 Å². The lowest BCUT2D eigenvalue weighted by Gasteiger charge is -2.34. The molecule has 0 radical (unpaired) electrons. The standard InChI is InChI=1S/C15H21NO2/c1-12-2-4-13(5-3-12)10-14(17)15(11-16)6-8-18-9-7-15/h2-5H,6-11,16H2,1H3. The average molecular weight is 247 g/mol. The number of hydrogen-bond acceptors (Lipinski definition) is 3. The Morgan fingerprint density at radius 3 is 2.44 bits per heavy atom. The first kappa shape index (κ1) is 13.2. The van der Waals surface area contributed by atoms with Gasteiger partial charge in [0.05, 0.1) is 0 Å². The molecule has 3 nitrogen and oxygen atoms in total. The predicted octanol–water partition coefficient (Wildman–Crippen LogP) is 1.86. The van der Waals surface area contributed by atoms with Crippen LogP contribution in [0.5, 0.6) is 0 Å². The molecule has 18 heavy (non-hydrogen) atoms. The molecule has 1 aromatic rings. The molecule has 0 saturated carbocycles. The maximum atomic E-state index is 12.5. The van der Waals surface area contributed by atoms with E-state index in [0.717, 1.165) is 18.4 Å². The van der Waals surface area contributed by atoms with Gasteiger partial charge in [-0.05, 0) is 25.3 Å². The molecular formula is C15H21NO2. The van der Waals surface area contributed by atoms with Gasteiger partial charge in [0, 0.05) is 31.6 Å². The Balaban J connectivity index is 2.07. The normalized spacial score (nSPS) is 18.6. The number of hydrogen-bond donors (Lipinski definition) is 1. The minimum Gasteiger partial charge on any atom is -0.381 e. The van der Waals surface area contributed by atoms with Crippen LogP contribution in [0.15, 0.2) is 24.3 Å². The summed E-state index contributed by atoms with van der Waals surface area (Å²) in [5.74, 6) is 0.261. The molecule has 0 aliphatic carbocycles. The summed E-state index contributed by atoms with van der Waals surface area (Å²) < 4.78 is 5.33. The van der Waals surface area contributed by atoms with Crippen molar-refractivity contribution < 1.29 is 9.53 Å². The Kier molecular flexibility index (Phi) is 4.15. The topological polar surface area (TPSA) is 52.3 Å². The molecule has 1 saturated heterocycles. The number of benzene rings is 1. The third kappa shape index (κ3) is 2.79. The third-order valence-corrected chi connectivity index (χ3v) is 3.92.